The van der Waals surface area contributed by atoms with Crippen LogP contribution in [-0.4, -0.2) is 47.9 Å². The lowest BCUT2D eigenvalue weighted by Crippen LogP contribution is -2.71. The molecule has 1 N–H and O–H groups in total. The molecule has 274 valence electrons. The Bertz CT molecular complexity index is 1400. The standard InChI is InChI=1S/C43H68N2O4/c1-26(2)29-14-13-28-17-21-42(10)33(43(28,29)37(48)44-34-25-30(38(34,4)5)36(47)45-23-11-12-24-45)16-15-32-40(8)20-19-35(49-27(3)46)39(6,7)31(40)18-22-41(32,42)9/h28-35H,1,11-25H2,2-10H3,(H,44,48)/t28?,29?,30-,31?,32?,33?,34-,35?,40?,41?,42?,43?/m1/s1. The number of hydrogen-bond acceptors (Lipinski definition) is 4. The van der Waals surface area contributed by atoms with Gasteiger partial charge in [0.1, 0.15) is 6.10 Å². The number of hydrogen-bond donors (Lipinski definition) is 1. The summed E-state index contributed by atoms with van der Waals surface area (Å²) in [5, 5.41) is 3.73. The quantitative estimate of drug-likeness (QED) is 0.234. The molecule has 1 aliphatic heterocycles. The molecule has 12 atom stereocenters. The molecule has 6 saturated carbocycles. The molecule has 1 heterocycles. The number of allylic oxidation sites excluding steroid dienone is 1. The van der Waals surface area contributed by atoms with Crippen molar-refractivity contribution in [2.75, 3.05) is 13.1 Å². The van der Waals surface area contributed by atoms with E-state index in [0.717, 1.165) is 77.3 Å². The van der Waals surface area contributed by atoms with Crippen molar-refractivity contribution in [1.82, 2.24) is 10.2 Å². The van der Waals surface area contributed by atoms with Gasteiger partial charge in [0, 0.05) is 37.4 Å². The normalized spacial score (nSPS) is 47.8. The zero-order chi connectivity index (χ0) is 35.5. The maximum atomic E-state index is 15.4. The highest BCUT2D eigenvalue weighted by atomic mass is 16.5. The molecule has 0 aromatic heterocycles. The molecule has 2 amide bonds. The van der Waals surface area contributed by atoms with Crippen LogP contribution in [0.1, 0.15) is 146 Å². The highest BCUT2D eigenvalue weighted by Gasteiger charge is 2.74. The average Bonchev–Trinajstić information content (AvgIpc) is 3.70. The van der Waals surface area contributed by atoms with Crippen LogP contribution in [-0.2, 0) is 19.1 Å². The molecular weight excluding hydrogens is 608 g/mol. The monoisotopic (exact) mass is 677 g/mol. The lowest BCUT2D eigenvalue weighted by Gasteiger charge is -2.73. The molecule has 6 nitrogen and oxygen atoms in total. The van der Waals surface area contributed by atoms with Gasteiger partial charge in [-0.3, -0.25) is 14.4 Å². The topological polar surface area (TPSA) is 75.7 Å². The Morgan fingerprint density at radius 2 is 1.35 bits per heavy atom. The second kappa shape index (κ2) is 11.6. The number of amides is 2. The molecule has 10 unspecified atom stereocenters. The Kier molecular flexibility index (Phi) is 8.40. The van der Waals surface area contributed by atoms with Crippen LogP contribution in [0.25, 0.3) is 0 Å². The number of esters is 1. The fourth-order valence-corrected chi connectivity index (χ4v) is 15.2. The third-order valence-corrected chi connectivity index (χ3v) is 18.0. The van der Waals surface area contributed by atoms with E-state index in [4.69, 9.17) is 4.74 Å². The Labute approximate surface area is 297 Å². The van der Waals surface area contributed by atoms with Crippen molar-refractivity contribution in [1.29, 1.82) is 0 Å². The summed E-state index contributed by atoms with van der Waals surface area (Å²) >= 11 is 0. The molecule has 0 aromatic carbocycles. The van der Waals surface area contributed by atoms with E-state index < -0.39 is 5.41 Å². The van der Waals surface area contributed by atoms with Gasteiger partial charge in [-0.25, -0.2) is 0 Å². The summed E-state index contributed by atoms with van der Waals surface area (Å²) < 4.78 is 5.98. The minimum Gasteiger partial charge on any atom is -0.462 e. The van der Waals surface area contributed by atoms with Gasteiger partial charge in [-0.15, -0.1) is 0 Å². The van der Waals surface area contributed by atoms with E-state index in [9.17, 15) is 9.59 Å². The smallest absolute Gasteiger partial charge is 0.302 e. The number of ether oxygens (including phenoxy) is 1. The van der Waals surface area contributed by atoms with Crippen LogP contribution in [0.4, 0.5) is 0 Å². The van der Waals surface area contributed by atoms with Gasteiger partial charge in [-0.05, 0) is 142 Å². The number of nitrogens with one attached hydrogen (secondary N) is 1. The van der Waals surface area contributed by atoms with Crippen LogP contribution in [0.2, 0.25) is 0 Å². The van der Waals surface area contributed by atoms with Gasteiger partial charge in [-0.1, -0.05) is 60.6 Å². The van der Waals surface area contributed by atoms with Gasteiger partial charge in [0.05, 0.1) is 5.41 Å². The molecule has 1 saturated heterocycles. The lowest BCUT2D eigenvalue weighted by molar-refractivity contribution is -0.255. The van der Waals surface area contributed by atoms with Crippen LogP contribution in [0.3, 0.4) is 0 Å². The number of carbonyl (C=O) groups excluding carboxylic acids is 3. The zero-order valence-corrected chi connectivity index (χ0v) is 32.5. The van der Waals surface area contributed by atoms with Crippen molar-refractivity contribution in [3.8, 4) is 0 Å². The lowest BCUT2D eigenvalue weighted by atomic mass is 9.31. The fraction of sp³-hybridized carbons (Fsp3) is 0.884. The summed E-state index contributed by atoms with van der Waals surface area (Å²) in [6.45, 7) is 27.1. The zero-order valence-electron chi connectivity index (χ0n) is 32.5. The van der Waals surface area contributed by atoms with Crippen molar-refractivity contribution < 1.29 is 19.1 Å². The summed E-state index contributed by atoms with van der Waals surface area (Å²) in [6.07, 6.45) is 14.1. The summed E-state index contributed by atoms with van der Waals surface area (Å²) in [4.78, 5) is 43.1. The van der Waals surface area contributed by atoms with Crippen LogP contribution >= 0.6 is 0 Å². The summed E-state index contributed by atoms with van der Waals surface area (Å²) in [6, 6.07) is 0.0297. The summed E-state index contributed by atoms with van der Waals surface area (Å²) in [5.74, 6) is 2.44. The number of carbonyl (C=O) groups is 3. The molecule has 7 fully saturated rings. The van der Waals surface area contributed by atoms with Gasteiger partial charge in [0.2, 0.25) is 11.8 Å². The number of rotatable bonds is 5. The van der Waals surface area contributed by atoms with Crippen molar-refractivity contribution in [3.63, 3.8) is 0 Å². The average molecular weight is 677 g/mol. The summed E-state index contributed by atoms with van der Waals surface area (Å²) in [5.41, 5.74) is 0.818. The Hall–Kier alpha value is -1.85. The first kappa shape index (κ1) is 35.5. The van der Waals surface area contributed by atoms with Crippen molar-refractivity contribution in [2.24, 2.45) is 68.0 Å². The van der Waals surface area contributed by atoms with Crippen molar-refractivity contribution in [2.45, 2.75) is 158 Å². The van der Waals surface area contributed by atoms with Gasteiger partial charge >= 0.3 is 5.97 Å². The summed E-state index contributed by atoms with van der Waals surface area (Å²) in [7, 11) is 0. The first-order valence-corrected chi connectivity index (χ1v) is 20.3. The van der Waals surface area contributed by atoms with Crippen molar-refractivity contribution >= 4 is 17.8 Å². The molecule has 6 aliphatic carbocycles. The molecule has 7 aliphatic rings. The van der Waals surface area contributed by atoms with Gasteiger partial charge in [-0.2, -0.15) is 0 Å². The third kappa shape index (κ3) is 4.71. The molecule has 49 heavy (non-hydrogen) atoms. The van der Waals surface area contributed by atoms with Crippen LogP contribution in [0.5, 0.6) is 0 Å². The highest BCUT2D eigenvalue weighted by Crippen LogP contribution is 2.78. The van der Waals surface area contributed by atoms with E-state index in [1.807, 2.05) is 0 Å². The van der Waals surface area contributed by atoms with Gasteiger partial charge < -0.3 is 15.0 Å². The molecule has 0 aromatic rings. The SMILES string of the molecule is C=C(C)C1CCC2CCC3(C)C(CCC4C5(C)CCC(OC(C)=O)C(C)(C)C5CCC43C)C21C(=O)N[C@@H]1C[C@H](C(=O)N2CCCC2)C1(C)C. The molecule has 7 rings (SSSR count). The first-order valence-electron chi connectivity index (χ1n) is 20.3. The maximum Gasteiger partial charge on any atom is 0.302 e. The van der Waals surface area contributed by atoms with Gasteiger partial charge in [0.15, 0.2) is 0 Å². The van der Waals surface area contributed by atoms with E-state index in [2.05, 4.69) is 72.2 Å². The number of nitrogens with zero attached hydrogens (tertiary/aromatic N) is 1. The van der Waals surface area contributed by atoms with E-state index in [1.54, 1.807) is 6.92 Å². The fourth-order valence-electron chi connectivity index (χ4n) is 15.2. The predicted octanol–water partition coefficient (Wildman–Crippen LogP) is 8.73. The second-order valence-electron chi connectivity index (χ2n) is 20.4. The van der Waals surface area contributed by atoms with E-state index in [1.165, 1.54) is 24.8 Å². The van der Waals surface area contributed by atoms with E-state index >= 15 is 4.79 Å². The molecule has 0 bridgehead atoms. The molecule has 6 heteroatoms. The second-order valence-corrected chi connectivity index (χ2v) is 20.4. The highest BCUT2D eigenvalue weighted by molar-refractivity contribution is 5.87. The Morgan fingerprint density at radius 3 is 1.98 bits per heavy atom. The van der Waals surface area contributed by atoms with Crippen LogP contribution < -0.4 is 5.32 Å². The first-order chi connectivity index (χ1) is 22.9. The van der Waals surface area contributed by atoms with E-state index in [0.29, 0.717) is 29.6 Å². The minimum atomic E-state index is -0.434. The Morgan fingerprint density at radius 1 is 0.714 bits per heavy atom. The van der Waals surface area contributed by atoms with E-state index in [-0.39, 0.29) is 62.9 Å². The van der Waals surface area contributed by atoms with Crippen molar-refractivity contribution in [3.05, 3.63) is 12.2 Å². The maximum absolute atomic E-state index is 15.4. The van der Waals surface area contributed by atoms with Crippen LogP contribution in [0, 0.1) is 68.0 Å². The molecular formula is C43H68N2O4. The number of fused-ring (bicyclic) bond motifs is 7. The van der Waals surface area contributed by atoms with Crippen LogP contribution in [0.15, 0.2) is 12.2 Å². The number of likely N-dealkylation sites (tertiary alicyclic amines) is 1. The predicted molar refractivity (Wildman–Crippen MR) is 194 cm³/mol. The van der Waals surface area contributed by atoms with Gasteiger partial charge in [0.25, 0.3) is 0 Å². The molecule has 0 radical (unpaired) electrons. The Balaban J connectivity index is 1.20. The largest absolute Gasteiger partial charge is 0.462 e. The third-order valence-electron chi connectivity index (χ3n) is 18.0. The minimum absolute atomic E-state index is 0.00759. The molecule has 0 spiro atoms.